The topological polar surface area (TPSA) is 71.1 Å². The molecular weight excluding hydrogens is 338 g/mol. The molecule has 6 heteroatoms. The minimum atomic E-state index is -0.326. The first-order valence-corrected chi connectivity index (χ1v) is 8.75. The number of nitrogens with one attached hydrogen (secondary N) is 2. The highest BCUT2D eigenvalue weighted by Crippen LogP contribution is 2.23. The molecule has 2 aromatic rings. The lowest BCUT2D eigenvalue weighted by Gasteiger charge is -2.12. The molecule has 1 heterocycles. The third-order valence-electron chi connectivity index (χ3n) is 4.47. The molecule has 0 unspecified atom stereocenters. The van der Waals surface area contributed by atoms with E-state index in [4.69, 9.17) is 11.6 Å². The van der Waals surface area contributed by atoms with Gasteiger partial charge in [-0.3, -0.25) is 14.6 Å². The highest BCUT2D eigenvalue weighted by Gasteiger charge is 2.19. The van der Waals surface area contributed by atoms with Gasteiger partial charge in [-0.05, 0) is 43.5 Å². The van der Waals surface area contributed by atoms with Gasteiger partial charge in [0.15, 0.2) is 0 Å². The smallest absolute Gasteiger partial charge is 0.257 e. The van der Waals surface area contributed by atoms with E-state index >= 15 is 0 Å². The van der Waals surface area contributed by atoms with Gasteiger partial charge in [-0.15, -0.1) is 0 Å². The van der Waals surface area contributed by atoms with Crippen molar-refractivity contribution < 1.29 is 9.59 Å². The molecule has 1 saturated carbocycles. The van der Waals surface area contributed by atoms with Crippen molar-refractivity contribution in [2.45, 2.75) is 38.6 Å². The summed E-state index contributed by atoms with van der Waals surface area (Å²) >= 11 is 6.07. The number of carbonyl (C=O) groups is 2. The molecular formula is C19H20ClN3O2. The Morgan fingerprint density at radius 3 is 2.52 bits per heavy atom. The molecule has 1 aliphatic rings. The van der Waals surface area contributed by atoms with Crippen molar-refractivity contribution in [3.63, 3.8) is 0 Å². The Morgan fingerprint density at radius 2 is 1.80 bits per heavy atom. The third-order valence-corrected chi connectivity index (χ3v) is 4.88. The van der Waals surface area contributed by atoms with E-state index in [0.717, 1.165) is 31.2 Å². The van der Waals surface area contributed by atoms with Crippen LogP contribution in [0.3, 0.4) is 0 Å². The second kappa shape index (κ2) is 7.66. The van der Waals surface area contributed by atoms with E-state index in [1.54, 1.807) is 24.3 Å². The normalized spacial score (nSPS) is 14.3. The maximum absolute atomic E-state index is 12.5. The largest absolute Gasteiger partial charge is 0.349 e. The molecule has 130 valence electrons. The molecule has 0 bridgehead atoms. The van der Waals surface area contributed by atoms with Crippen molar-refractivity contribution in [3.05, 3.63) is 58.4 Å². The molecule has 0 aliphatic heterocycles. The zero-order valence-corrected chi connectivity index (χ0v) is 14.8. The van der Waals surface area contributed by atoms with E-state index in [-0.39, 0.29) is 17.9 Å². The van der Waals surface area contributed by atoms with Gasteiger partial charge in [-0.25, -0.2) is 0 Å². The van der Waals surface area contributed by atoms with Crippen molar-refractivity contribution in [2.75, 3.05) is 5.32 Å². The number of anilines is 1. The quantitative estimate of drug-likeness (QED) is 0.869. The average molecular weight is 358 g/mol. The van der Waals surface area contributed by atoms with Crippen LogP contribution >= 0.6 is 11.6 Å². The summed E-state index contributed by atoms with van der Waals surface area (Å²) in [7, 11) is 0. The summed E-state index contributed by atoms with van der Waals surface area (Å²) in [4.78, 5) is 28.8. The molecule has 0 atom stereocenters. The molecule has 0 radical (unpaired) electrons. The molecule has 5 nitrogen and oxygen atoms in total. The lowest BCUT2D eigenvalue weighted by Crippen LogP contribution is -2.32. The van der Waals surface area contributed by atoms with Crippen molar-refractivity contribution in [2.24, 2.45) is 0 Å². The van der Waals surface area contributed by atoms with Gasteiger partial charge in [-0.1, -0.05) is 30.5 Å². The summed E-state index contributed by atoms with van der Waals surface area (Å²) in [6.07, 6.45) is 7.23. The van der Waals surface area contributed by atoms with Crippen molar-refractivity contribution in [1.82, 2.24) is 10.3 Å². The fraction of sp³-hybridized carbons (Fsp3) is 0.316. The molecule has 1 aliphatic carbocycles. The minimum Gasteiger partial charge on any atom is -0.349 e. The fourth-order valence-electron chi connectivity index (χ4n) is 2.96. The van der Waals surface area contributed by atoms with Gasteiger partial charge in [0.05, 0.1) is 11.1 Å². The predicted molar refractivity (Wildman–Crippen MR) is 98.1 cm³/mol. The molecule has 1 aromatic carbocycles. The van der Waals surface area contributed by atoms with E-state index in [2.05, 4.69) is 15.6 Å². The number of hydrogen-bond acceptors (Lipinski definition) is 3. The van der Waals surface area contributed by atoms with Crippen LogP contribution in [-0.2, 0) is 0 Å². The number of nitrogens with zero attached hydrogens (tertiary/aromatic N) is 1. The minimum absolute atomic E-state index is 0.187. The van der Waals surface area contributed by atoms with E-state index in [0.29, 0.717) is 21.8 Å². The van der Waals surface area contributed by atoms with Crippen LogP contribution in [0, 0.1) is 6.92 Å². The van der Waals surface area contributed by atoms with Crippen LogP contribution in [0.2, 0.25) is 5.02 Å². The number of rotatable bonds is 4. The van der Waals surface area contributed by atoms with Gasteiger partial charge in [0, 0.05) is 29.1 Å². The van der Waals surface area contributed by atoms with E-state index < -0.39 is 0 Å². The second-order valence-electron chi connectivity index (χ2n) is 6.28. The summed E-state index contributed by atoms with van der Waals surface area (Å²) < 4.78 is 0. The summed E-state index contributed by atoms with van der Waals surface area (Å²) in [6.45, 7) is 1.83. The second-order valence-corrected chi connectivity index (χ2v) is 6.69. The van der Waals surface area contributed by atoms with E-state index in [1.807, 2.05) is 6.92 Å². The van der Waals surface area contributed by atoms with Crippen LogP contribution in [0.1, 0.15) is 52.0 Å². The molecule has 25 heavy (non-hydrogen) atoms. The third kappa shape index (κ3) is 4.17. The van der Waals surface area contributed by atoms with Gasteiger partial charge in [0.25, 0.3) is 11.8 Å². The Bertz CT molecular complexity index is 801. The highest BCUT2D eigenvalue weighted by atomic mass is 35.5. The average Bonchev–Trinajstić information content (AvgIpc) is 3.12. The Morgan fingerprint density at radius 1 is 1.12 bits per heavy atom. The lowest BCUT2D eigenvalue weighted by atomic mass is 10.1. The number of benzene rings is 1. The number of pyridine rings is 1. The van der Waals surface area contributed by atoms with Gasteiger partial charge in [-0.2, -0.15) is 0 Å². The number of aromatic nitrogens is 1. The molecule has 1 fully saturated rings. The van der Waals surface area contributed by atoms with Gasteiger partial charge in [0.2, 0.25) is 0 Å². The van der Waals surface area contributed by atoms with Gasteiger partial charge < -0.3 is 10.6 Å². The van der Waals surface area contributed by atoms with Crippen molar-refractivity contribution in [3.8, 4) is 0 Å². The highest BCUT2D eigenvalue weighted by molar-refractivity contribution is 6.31. The van der Waals surface area contributed by atoms with Crippen molar-refractivity contribution >= 4 is 29.1 Å². The van der Waals surface area contributed by atoms with Crippen molar-refractivity contribution in [1.29, 1.82) is 0 Å². The van der Waals surface area contributed by atoms with Crippen LogP contribution in [0.4, 0.5) is 5.69 Å². The fourth-order valence-corrected chi connectivity index (χ4v) is 3.14. The Kier molecular flexibility index (Phi) is 5.34. The molecule has 2 N–H and O–H groups in total. The first-order valence-electron chi connectivity index (χ1n) is 8.37. The number of amides is 2. The monoisotopic (exact) mass is 357 g/mol. The molecule has 3 rings (SSSR count). The molecule has 2 amide bonds. The Balaban J connectivity index is 1.72. The van der Waals surface area contributed by atoms with Crippen LogP contribution in [-0.4, -0.2) is 22.8 Å². The first-order chi connectivity index (χ1) is 12.0. The summed E-state index contributed by atoms with van der Waals surface area (Å²) in [5.74, 6) is -0.513. The predicted octanol–water partition coefficient (Wildman–Crippen LogP) is 3.97. The zero-order chi connectivity index (χ0) is 17.8. The van der Waals surface area contributed by atoms with Crippen LogP contribution in [0.15, 0.2) is 36.7 Å². The SMILES string of the molecule is Cc1c(Cl)cccc1NC(=O)c1cncc(C(=O)NC2CCCC2)c1. The Labute approximate surface area is 151 Å². The van der Waals surface area contributed by atoms with Crippen LogP contribution in [0.25, 0.3) is 0 Å². The first kappa shape index (κ1) is 17.4. The Hall–Kier alpha value is -2.40. The summed E-state index contributed by atoms with van der Waals surface area (Å²) in [5.41, 5.74) is 2.15. The van der Waals surface area contributed by atoms with Gasteiger partial charge >= 0.3 is 0 Å². The number of hydrogen-bond donors (Lipinski definition) is 2. The van der Waals surface area contributed by atoms with Crippen LogP contribution in [0.5, 0.6) is 0 Å². The van der Waals surface area contributed by atoms with Gasteiger partial charge in [0.1, 0.15) is 0 Å². The maximum atomic E-state index is 12.5. The zero-order valence-electron chi connectivity index (χ0n) is 14.0. The lowest BCUT2D eigenvalue weighted by molar-refractivity contribution is 0.0937. The molecule has 0 saturated heterocycles. The summed E-state index contributed by atoms with van der Waals surface area (Å²) in [5, 5.41) is 6.39. The number of halogens is 1. The summed E-state index contributed by atoms with van der Waals surface area (Å²) in [6, 6.07) is 7.10. The van der Waals surface area contributed by atoms with E-state index in [9.17, 15) is 9.59 Å². The maximum Gasteiger partial charge on any atom is 0.257 e. The molecule has 1 aromatic heterocycles. The number of carbonyl (C=O) groups excluding carboxylic acids is 2. The molecule has 0 spiro atoms. The standard InChI is InChI=1S/C19H20ClN3O2/c1-12-16(20)7-4-8-17(12)23-19(25)14-9-13(10-21-11-14)18(24)22-15-5-2-3-6-15/h4,7-11,15H,2-3,5-6H2,1H3,(H,22,24)(H,23,25). The van der Waals surface area contributed by atoms with Crippen LogP contribution < -0.4 is 10.6 Å². The van der Waals surface area contributed by atoms with E-state index in [1.165, 1.54) is 12.4 Å².